The summed E-state index contributed by atoms with van der Waals surface area (Å²) in [6.45, 7) is 0.743. The molecule has 0 saturated heterocycles. The Morgan fingerprint density at radius 1 is 1.56 bits per heavy atom. The zero-order chi connectivity index (χ0) is 13.2. The van der Waals surface area contributed by atoms with Crippen molar-refractivity contribution in [1.29, 1.82) is 0 Å². The molecule has 0 spiro atoms. The number of nitrogens with zero attached hydrogens (tertiary/aromatic N) is 2. The molecular weight excluding hydrogens is 228 g/mol. The molecular formula is C13H20N4O. The number of nitrogens with one attached hydrogen (secondary N) is 1. The smallest absolute Gasteiger partial charge is 0.272 e. The van der Waals surface area contributed by atoms with Crippen molar-refractivity contribution in [3.63, 3.8) is 0 Å². The number of anilines is 1. The highest BCUT2D eigenvalue weighted by Crippen LogP contribution is 2.29. The summed E-state index contributed by atoms with van der Waals surface area (Å²) in [6, 6.07) is 3.62. The Bertz CT molecular complexity index is 440. The summed E-state index contributed by atoms with van der Waals surface area (Å²) in [6.07, 6.45) is 4.98. The maximum atomic E-state index is 11.8. The quantitative estimate of drug-likeness (QED) is 0.836. The minimum Gasteiger partial charge on any atom is -0.383 e. The van der Waals surface area contributed by atoms with E-state index in [0.717, 1.165) is 25.1 Å². The molecule has 3 N–H and O–H groups in total. The van der Waals surface area contributed by atoms with E-state index in [0.29, 0.717) is 5.69 Å². The number of carbonyl (C=O) groups excluding carboxylic acids is 1. The van der Waals surface area contributed by atoms with Crippen LogP contribution in [0.5, 0.6) is 0 Å². The molecule has 0 atom stereocenters. The van der Waals surface area contributed by atoms with Crippen molar-refractivity contribution in [3.8, 4) is 0 Å². The summed E-state index contributed by atoms with van der Waals surface area (Å²) in [5.74, 6) is -0.0928. The molecule has 1 heterocycles. The molecule has 1 aliphatic rings. The van der Waals surface area contributed by atoms with Crippen LogP contribution >= 0.6 is 0 Å². The first-order valence-electron chi connectivity index (χ1n) is 6.21. The van der Waals surface area contributed by atoms with Crippen LogP contribution in [0.4, 0.5) is 5.69 Å². The third kappa shape index (κ3) is 2.79. The molecule has 0 aromatic carbocycles. The zero-order valence-electron chi connectivity index (χ0n) is 10.9. The van der Waals surface area contributed by atoms with Gasteiger partial charge in [0.2, 0.25) is 0 Å². The van der Waals surface area contributed by atoms with E-state index in [1.54, 1.807) is 26.4 Å². The van der Waals surface area contributed by atoms with Gasteiger partial charge in [0, 0.05) is 38.1 Å². The van der Waals surface area contributed by atoms with E-state index in [1.165, 1.54) is 11.3 Å². The fourth-order valence-corrected chi connectivity index (χ4v) is 1.97. The molecule has 1 aliphatic carbocycles. The van der Waals surface area contributed by atoms with Crippen LogP contribution in [-0.4, -0.2) is 42.0 Å². The summed E-state index contributed by atoms with van der Waals surface area (Å²) in [5, 5.41) is 3.29. The summed E-state index contributed by atoms with van der Waals surface area (Å²) in [4.78, 5) is 17.4. The topological polar surface area (TPSA) is 71.2 Å². The SMILES string of the molecule is CN(C)C(=O)c1cc(NCC2(N)CCC2)ccn1. The Balaban J connectivity index is 2.01. The highest BCUT2D eigenvalue weighted by molar-refractivity contribution is 5.92. The van der Waals surface area contributed by atoms with E-state index >= 15 is 0 Å². The first kappa shape index (κ1) is 12.8. The van der Waals surface area contributed by atoms with Crippen molar-refractivity contribution in [2.45, 2.75) is 24.8 Å². The third-order valence-electron chi connectivity index (χ3n) is 3.38. The van der Waals surface area contributed by atoms with Crippen molar-refractivity contribution in [1.82, 2.24) is 9.88 Å². The van der Waals surface area contributed by atoms with Crippen molar-refractivity contribution in [3.05, 3.63) is 24.0 Å². The van der Waals surface area contributed by atoms with Gasteiger partial charge in [0.1, 0.15) is 5.69 Å². The van der Waals surface area contributed by atoms with E-state index in [1.807, 2.05) is 6.07 Å². The van der Waals surface area contributed by atoms with Crippen LogP contribution in [0.2, 0.25) is 0 Å². The maximum Gasteiger partial charge on any atom is 0.272 e. The Labute approximate surface area is 107 Å². The van der Waals surface area contributed by atoms with E-state index in [2.05, 4.69) is 10.3 Å². The molecule has 0 aliphatic heterocycles. The van der Waals surface area contributed by atoms with Crippen LogP contribution in [0.25, 0.3) is 0 Å². The van der Waals surface area contributed by atoms with Gasteiger partial charge in [0.15, 0.2) is 0 Å². The Kier molecular flexibility index (Phi) is 3.52. The predicted octanol–water partition coefficient (Wildman–Crippen LogP) is 1.08. The van der Waals surface area contributed by atoms with E-state index < -0.39 is 0 Å². The number of nitrogens with two attached hydrogens (primary N) is 1. The first-order chi connectivity index (χ1) is 8.50. The fraction of sp³-hybridized carbons (Fsp3) is 0.538. The fourth-order valence-electron chi connectivity index (χ4n) is 1.97. The Morgan fingerprint density at radius 3 is 2.83 bits per heavy atom. The van der Waals surface area contributed by atoms with Crippen LogP contribution < -0.4 is 11.1 Å². The standard InChI is InChI=1S/C13H20N4O/c1-17(2)12(18)11-8-10(4-7-15-11)16-9-13(14)5-3-6-13/h4,7-8H,3,5-6,9,14H2,1-2H3,(H,15,16). The minimum atomic E-state index is -0.0928. The van der Waals surface area contributed by atoms with Gasteiger partial charge < -0.3 is 16.0 Å². The first-order valence-corrected chi connectivity index (χ1v) is 6.21. The molecule has 5 heteroatoms. The number of aromatic nitrogens is 1. The van der Waals surface area contributed by atoms with E-state index in [-0.39, 0.29) is 11.4 Å². The number of hydrogen-bond donors (Lipinski definition) is 2. The molecule has 0 radical (unpaired) electrons. The van der Waals surface area contributed by atoms with Gasteiger partial charge in [-0.05, 0) is 31.4 Å². The molecule has 5 nitrogen and oxygen atoms in total. The molecule has 1 aromatic rings. The van der Waals surface area contributed by atoms with Gasteiger partial charge in [-0.3, -0.25) is 9.78 Å². The molecule has 18 heavy (non-hydrogen) atoms. The molecule has 1 fully saturated rings. The molecule has 1 amide bonds. The summed E-state index contributed by atoms with van der Waals surface area (Å²) >= 11 is 0. The van der Waals surface area contributed by atoms with Crippen LogP contribution in [0, 0.1) is 0 Å². The van der Waals surface area contributed by atoms with Crippen molar-refractivity contribution in [2.24, 2.45) is 5.73 Å². The third-order valence-corrected chi connectivity index (χ3v) is 3.38. The van der Waals surface area contributed by atoms with Gasteiger partial charge >= 0.3 is 0 Å². The normalized spacial score (nSPS) is 16.8. The lowest BCUT2D eigenvalue weighted by Gasteiger charge is -2.38. The average molecular weight is 248 g/mol. The highest BCUT2D eigenvalue weighted by atomic mass is 16.2. The van der Waals surface area contributed by atoms with Gasteiger partial charge in [0.05, 0.1) is 0 Å². The summed E-state index contributed by atoms with van der Waals surface area (Å²) in [5.41, 5.74) is 7.41. The van der Waals surface area contributed by atoms with E-state index in [9.17, 15) is 4.79 Å². The molecule has 98 valence electrons. The predicted molar refractivity (Wildman–Crippen MR) is 71.5 cm³/mol. The molecule has 1 aromatic heterocycles. The summed E-state index contributed by atoms with van der Waals surface area (Å²) in [7, 11) is 3.43. The molecule has 2 rings (SSSR count). The van der Waals surface area contributed by atoms with Crippen LogP contribution in [0.1, 0.15) is 29.8 Å². The second-order valence-electron chi connectivity index (χ2n) is 5.20. The minimum absolute atomic E-state index is 0.0744. The monoisotopic (exact) mass is 248 g/mol. The van der Waals surface area contributed by atoms with Gasteiger partial charge in [-0.25, -0.2) is 0 Å². The molecule has 0 bridgehead atoms. The number of carbonyl (C=O) groups is 1. The van der Waals surface area contributed by atoms with Crippen molar-refractivity contribution in [2.75, 3.05) is 26.0 Å². The maximum absolute atomic E-state index is 11.8. The van der Waals surface area contributed by atoms with Crippen LogP contribution in [0.3, 0.4) is 0 Å². The highest BCUT2D eigenvalue weighted by Gasteiger charge is 2.31. The lowest BCUT2D eigenvalue weighted by molar-refractivity contribution is 0.0822. The second-order valence-corrected chi connectivity index (χ2v) is 5.20. The lowest BCUT2D eigenvalue weighted by Crippen LogP contribution is -2.51. The van der Waals surface area contributed by atoms with Gasteiger partial charge in [-0.2, -0.15) is 0 Å². The molecule has 0 unspecified atom stereocenters. The van der Waals surface area contributed by atoms with Crippen LogP contribution in [-0.2, 0) is 0 Å². The number of hydrogen-bond acceptors (Lipinski definition) is 4. The molecule has 1 saturated carbocycles. The van der Waals surface area contributed by atoms with Gasteiger partial charge in [-0.15, -0.1) is 0 Å². The number of amides is 1. The van der Waals surface area contributed by atoms with E-state index in [4.69, 9.17) is 5.73 Å². The largest absolute Gasteiger partial charge is 0.383 e. The summed E-state index contributed by atoms with van der Waals surface area (Å²) < 4.78 is 0. The lowest BCUT2D eigenvalue weighted by atomic mass is 9.78. The Morgan fingerprint density at radius 2 is 2.28 bits per heavy atom. The van der Waals surface area contributed by atoms with Crippen LogP contribution in [0.15, 0.2) is 18.3 Å². The van der Waals surface area contributed by atoms with Crippen molar-refractivity contribution < 1.29 is 4.79 Å². The number of rotatable bonds is 4. The van der Waals surface area contributed by atoms with Gasteiger partial charge in [0.25, 0.3) is 5.91 Å². The van der Waals surface area contributed by atoms with Crippen molar-refractivity contribution >= 4 is 11.6 Å². The second kappa shape index (κ2) is 4.94. The zero-order valence-corrected chi connectivity index (χ0v) is 10.9. The van der Waals surface area contributed by atoms with Gasteiger partial charge in [-0.1, -0.05) is 0 Å². The Hall–Kier alpha value is -1.62. The average Bonchev–Trinajstić information content (AvgIpc) is 2.33. The number of pyridine rings is 1.